The maximum Gasteiger partial charge on any atom is 0.406 e. The van der Waals surface area contributed by atoms with Gasteiger partial charge < -0.3 is 30.2 Å². The van der Waals surface area contributed by atoms with Crippen LogP contribution < -0.4 is 16.0 Å². The molecule has 0 unspecified atom stereocenters. The summed E-state index contributed by atoms with van der Waals surface area (Å²) >= 11 is 6.28. The van der Waals surface area contributed by atoms with Crippen molar-refractivity contribution in [3.05, 3.63) is 58.6 Å². The van der Waals surface area contributed by atoms with Gasteiger partial charge in [0, 0.05) is 42.9 Å². The smallest absolute Gasteiger partial charge is 0.406 e. The fraction of sp³-hybridized carbons (Fsp3) is 0.481. The number of methoxy groups -OCH3 is 1. The van der Waals surface area contributed by atoms with Crippen LogP contribution in [0.1, 0.15) is 35.2 Å². The van der Waals surface area contributed by atoms with E-state index < -0.39 is 6.09 Å². The second-order valence-corrected chi connectivity index (χ2v) is 9.24. The van der Waals surface area contributed by atoms with Gasteiger partial charge in [0.25, 0.3) is 5.91 Å². The molecule has 2 aromatic rings. The molecule has 2 amide bonds. The van der Waals surface area contributed by atoms with Crippen molar-refractivity contribution in [1.82, 2.24) is 16.0 Å². The van der Waals surface area contributed by atoms with E-state index in [0.717, 1.165) is 49.2 Å². The van der Waals surface area contributed by atoms with Gasteiger partial charge >= 0.3 is 6.09 Å². The SMILES string of the molecule is CN[C@H](CNC(=O)c1cccc(COCCNC(=O)OC)c1-c1cccc(Cl)c1)CC1CCOCC1. The number of halogens is 1. The predicted molar refractivity (Wildman–Crippen MR) is 140 cm³/mol. The van der Waals surface area contributed by atoms with Crippen LogP contribution in [-0.2, 0) is 20.8 Å². The molecule has 1 aliphatic rings. The van der Waals surface area contributed by atoms with Crippen molar-refractivity contribution in [3.8, 4) is 11.1 Å². The van der Waals surface area contributed by atoms with E-state index in [1.807, 2.05) is 43.4 Å². The van der Waals surface area contributed by atoms with E-state index in [-0.39, 0.29) is 18.6 Å². The number of benzene rings is 2. The second-order valence-electron chi connectivity index (χ2n) is 8.81. The molecular formula is C27H36ClN3O5. The number of carbonyl (C=O) groups is 2. The molecule has 36 heavy (non-hydrogen) atoms. The van der Waals surface area contributed by atoms with Crippen LogP contribution in [-0.4, -0.2) is 65.1 Å². The van der Waals surface area contributed by atoms with Crippen LogP contribution in [0.25, 0.3) is 11.1 Å². The van der Waals surface area contributed by atoms with E-state index >= 15 is 0 Å². The zero-order valence-electron chi connectivity index (χ0n) is 21.0. The van der Waals surface area contributed by atoms with Crippen molar-refractivity contribution < 1.29 is 23.8 Å². The van der Waals surface area contributed by atoms with Gasteiger partial charge in [-0.1, -0.05) is 35.9 Å². The van der Waals surface area contributed by atoms with Gasteiger partial charge in [0.1, 0.15) is 0 Å². The quantitative estimate of drug-likeness (QED) is 0.368. The maximum absolute atomic E-state index is 13.4. The molecule has 0 bridgehead atoms. The lowest BCUT2D eigenvalue weighted by atomic mass is 9.92. The average Bonchev–Trinajstić information content (AvgIpc) is 2.90. The molecular weight excluding hydrogens is 482 g/mol. The first kappa shape index (κ1) is 27.9. The molecule has 3 N–H and O–H groups in total. The fourth-order valence-electron chi connectivity index (χ4n) is 4.37. The van der Waals surface area contributed by atoms with Crippen molar-refractivity contribution in [3.63, 3.8) is 0 Å². The molecule has 1 fully saturated rings. The summed E-state index contributed by atoms with van der Waals surface area (Å²) in [4.78, 5) is 24.6. The van der Waals surface area contributed by atoms with Crippen molar-refractivity contribution in [2.24, 2.45) is 5.92 Å². The highest BCUT2D eigenvalue weighted by atomic mass is 35.5. The van der Waals surface area contributed by atoms with E-state index in [2.05, 4.69) is 20.7 Å². The fourth-order valence-corrected chi connectivity index (χ4v) is 4.56. The highest BCUT2D eigenvalue weighted by Crippen LogP contribution is 2.30. The lowest BCUT2D eigenvalue weighted by Crippen LogP contribution is -2.41. The molecule has 0 aromatic heterocycles. The topological polar surface area (TPSA) is 97.9 Å². The van der Waals surface area contributed by atoms with Gasteiger partial charge in [0.2, 0.25) is 0 Å². The van der Waals surface area contributed by atoms with E-state index in [0.29, 0.717) is 36.2 Å². The van der Waals surface area contributed by atoms with Crippen molar-refractivity contribution in [2.75, 3.05) is 47.1 Å². The molecule has 196 valence electrons. The number of ether oxygens (including phenoxy) is 3. The molecule has 1 atom stereocenters. The van der Waals surface area contributed by atoms with Crippen molar-refractivity contribution in [1.29, 1.82) is 0 Å². The number of likely N-dealkylation sites (N-methyl/N-ethyl adjacent to an activating group) is 1. The Morgan fingerprint density at radius 3 is 2.64 bits per heavy atom. The van der Waals surface area contributed by atoms with E-state index in [1.165, 1.54) is 7.11 Å². The number of hydrogen-bond acceptors (Lipinski definition) is 6. The lowest BCUT2D eigenvalue weighted by molar-refractivity contribution is 0.0605. The zero-order valence-corrected chi connectivity index (χ0v) is 21.7. The Kier molecular flexibility index (Phi) is 11.5. The Bertz CT molecular complexity index is 997. The van der Waals surface area contributed by atoms with Crippen LogP contribution in [0, 0.1) is 5.92 Å². The second kappa shape index (κ2) is 14.8. The molecule has 8 nitrogen and oxygen atoms in total. The van der Waals surface area contributed by atoms with Gasteiger partial charge in [-0.25, -0.2) is 4.79 Å². The summed E-state index contributed by atoms with van der Waals surface area (Å²) in [6.45, 7) is 3.04. The van der Waals surface area contributed by atoms with Crippen LogP contribution >= 0.6 is 11.6 Å². The number of nitrogens with one attached hydrogen (secondary N) is 3. The summed E-state index contributed by atoms with van der Waals surface area (Å²) in [6.07, 6.45) is 2.60. The predicted octanol–water partition coefficient (Wildman–Crippen LogP) is 4.01. The highest BCUT2D eigenvalue weighted by Gasteiger charge is 2.21. The molecule has 9 heteroatoms. The Morgan fingerprint density at radius 1 is 1.14 bits per heavy atom. The normalized spacial score (nSPS) is 14.8. The summed E-state index contributed by atoms with van der Waals surface area (Å²) in [5.74, 6) is 0.454. The molecule has 1 heterocycles. The van der Waals surface area contributed by atoms with Crippen LogP contribution in [0.15, 0.2) is 42.5 Å². The molecule has 1 aliphatic heterocycles. The summed E-state index contributed by atoms with van der Waals surface area (Å²) in [7, 11) is 3.24. The average molecular weight is 518 g/mol. The van der Waals surface area contributed by atoms with Crippen molar-refractivity contribution >= 4 is 23.6 Å². The third-order valence-corrected chi connectivity index (χ3v) is 6.58. The Hall–Kier alpha value is -2.65. The van der Waals surface area contributed by atoms with Gasteiger partial charge in [-0.3, -0.25) is 4.79 Å². The summed E-state index contributed by atoms with van der Waals surface area (Å²) < 4.78 is 15.8. The number of alkyl carbamates (subject to hydrolysis) is 1. The van der Waals surface area contributed by atoms with E-state index in [9.17, 15) is 9.59 Å². The molecule has 0 radical (unpaired) electrons. The summed E-state index contributed by atoms with van der Waals surface area (Å²) in [6, 6.07) is 13.2. The molecule has 0 spiro atoms. The number of hydrogen-bond donors (Lipinski definition) is 3. The third kappa shape index (κ3) is 8.48. The number of carbonyl (C=O) groups excluding carboxylic acids is 2. The van der Waals surface area contributed by atoms with Gasteiger partial charge in [0.15, 0.2) is 0 Å². The minimum atomic E-state index is -0.506. The van der Waals surface area contributed by atoms with Crippen LogP contribution in [0.3, 0.4) is 0 Å². The summed E-state index contributed by atoms with van der Waals surface area (Å²) in [5, 5.41) is 9.63. The summed E-state index contributed by atoms with van der Waals surface area (Å²) in [5.41, 5.74) is 3.04. The molecule has 1 saturated heterocycles. The monoisotopic (exact) mass is 517 g/mol. The van der Waals surface area contributed by atoms with Gasteiger partial charge in [-0.05, 0) is 67.1 Å². The number of amides is 2. The van der Waals surface area contributed by atoms with E-state index in [4.69, 9.17) is 21.1 Å². The largest absolute Gasteiger partial charge is 0.453 e. The Labute approximate surface area is 218 Å². The first-order valence-corrected chi connectivity index (χ1v) is 12.7. The lowest BCUT2D eigenvalue weighted by Gasteiger charge is -2.26. The first-order chi connectivity index (χ1) is 17.5. The molecule has 2 aromatic carbocycles. The van der Waals surface area contributed by atoms with Gasteiger partial charge in [-0.15, -0.1) is 0 Å². The minimum absolute atomic E-state index is 0.147. The Morgan fingerprint density at radius 2 is 1.92 bits per heavy atom. The van der Waals surface area contributed by atoms with Gasteiger partial charge in [-0.2, -0.15) is 0 Å². The molecule has 0 saturated carbocycles. The van der Waals surface area contributed by atoms with Crippen LogP contribution in [0.5, 0.6) is 0 Å². The highest BCUT2D eigenvalue weighted by molar-refractivity contribution is 6.30. The van der Waals surface area contributed by atoms with Crippen molar-refractivity contribution in [2.45, 2.75) is 31.9 Å². The minimum Gasteiger partial charge on any atom is -0.453 e. The van der Waals surface area contributed by atoms with Crippen LogP contribution in [0.2, 0.25) is 5.02 Å². The van der Waals surface area contributed by atoms with Crippen LogP contribution in [0.4, 0.5) is 4.79 Å². The van der Waals surface area contributed by atoms with Gasteiger partial charge in [0.05, 0.1) is 20.3 Å². The maximum atomic E-state index is 13.4. The van der Waals surface area contributed by atoms with E-state index in [1.54, 1.807) is 6.07 Å². The third-order valence-electron chi connectivity index (χ3n) is 6.34. The Balaban J connectivity index is 1.72. The molecule has 3 rings (SSSR count). The number of rotatable bonds is 12. The standard InChI is InChI=1S/C27H36ClN3O5/c1-29-23(15-19-9-12-35-13-10-19)17-31-26(32)24-8-4-6-21(18-36-14-11-30-27(33)34-2)25(24)20-5-3-7-22(28)16-20/h3-8,16,19,23,29H,9-15,17-18H2,1-2H3,(H,30,33)(H,31,32)/t23-/m0/s1. The molecule has 0 aliphatic carbocycles. The first-order valence-electron chi connectivity index (χ1n) is 12.3. The zero-order chi connectivity index (χ0) is 25.8.